The van der Waals surface area contributed by atoms with Gasteiger partial charge in [0.2, 0.25) is 5.91 Å². The van der Waals surface area contributed by atoms with Crippen molar-refractivity contribution in [1.82, 2.24) is 15.3 Å². The quantitative estimate of drug-likeness (QED) is 0.727. The van der Waals surface area contributed by atoms with E-state index in [4.69, 9.17) is 18.0 Å². The smallest absolute Gasteiger partial charge is 0.224 e. The van der Waals surface area contributed by atoms with E-state index in [1.165, 1.54) is 6.20 Å². The molecule has 6 nitrogen and oxygen atoms in total. The summed E-state index contributed by atoms with van der Waals surface area (Å²) in [7, 11) is 3.47. The third-order valence-corrected chi connectivity index (χ3v) is 2.73. The zero-order valence-corrected chi connectivity index (χ0v) is 11.5. The van der Waals surface area contributed by atoms with Crippen LogP contribution < -0.4 is 16.0 Å². The van der Waals surface area contributed by atoms with Crippen molar-refractivity contribution in [2.75, 3.05) is 25.5 Å². The molecule has 0 aliphatic heterocycles. The number of amides is 1. The molecule has 0 bridgehead atoms. The van der Waals surface area contributed by atoms with Gasteiger partial charge in [0.1, 0.15) is 16.5 Å². The van der Waals surface area contributed by atoms with E-state index in [1.807, 2.05) is 18.9 Å². The van der Waals surface area contributed by atoms with E-state index in [2.05, 4.69) is 15.3 Å². The Hall–Kier alpha value is -1.76. The fraction of sp³-hybridized carbons (Fsp3) is 0.455. The highest BCUT2D eigenvalue weighted by Gasteiger charge is 2.14. The number of anilines is 1. The Balaban J connectivity index is 2.69. The van der Waals surface area contributed by atoms with Crippen LogP contribution in [-0.2, 0) is 4.79 Å². The van der Waals surface area contributed by atoms with Gasteiger partial charge in [-0.2, -0.15) is 0 Å². The summed E-state index contributed by atoms with van der Waals surface area (Å²) in [4.78, 5) is 21.8. The third-order valence-electron chi connectivity index (χ3n) is 2.52. The number of carbonyl (C=O) groups is 1. The molecule has 1 aromatic rings. The molecule has 1 aromatic heterocycles. The molecule has 1 amide bonds. The number of thiocarbonyl (C=S) groups is 1. The van der Waals surface area contributed by atoms with Crippen molar-refractivity contribution in [2.24, 2.45) is 11.7 Å². The zero-order valence-electron chi connectivity index (χ0n) is 10.7. The standard InChI is InChI=1S/C11H17N5OS/c1-7(11(17)13-2)6-16(3)9-5-14-8(4-15-9)10(12)18/h4-5,7H,6H2,1-3H3,(H2,12,18)(H,13,17). The monoisotopic (exact) mass is 267 g/mol. The molecule has 1 atom stereocenters. The Bertz CT molecular complexity index is 434. The van der Waals surface area contributed by atoms with Crippen LogP contribution in [0.4, 0.5) is 5.82 Å². The summed E-state index contributed by atoms with van der Waals surface area (Å²) in [5, 5.41) is 2.61. The van der Waals surface area contributed by atoms with Gasteiger partial charge in [-0.05, 0) is 0 Å². The summed E-state index contributed by atoms with van der Waals surface area (Å²) in [5.74, 6) is 0.539. The van der Waals surface area contributed by atoms with E-state index in [0.29, 0.717) is 18.1 Å². The van der Waals surface area contributed by atoms with Crippen molar-refractivity contribution >= 4 is 28.9 Å². The SMILES string of the molecule is CNC(=O)C(C)CN(C)c1cnc(C(N)=S)cn1. The minimum absolute atomic E-state index is 0.00503. The van der Waals surface area contributed by atoms with Crippen molar-refractivity contribution < 1.29 is 4.79 Å². The van der Waals surface area contributed by atoms with Crippen LogP contribution in [0.15, 0.2) is 12.4 Å². The van der Waals surface area contributed by atoms with Crippen LogP contribution in [0.2, 0.25) is 0 Å². The molecule has 1 rings (SSSR count). The number of carbonyl (C=O) groups excluding carboxylic acids is 1. The molecule has 0 aromatic carbocycles. The van der Waals surface area contributed by atoms with E-state index in [1.54, 1.807) is 13.2 Å². The molecular formula is C11H17N5OS. The molecule has 18 heavy (non-hydrogen) atoms. The normalized spacial score (nSPS) is 11.7. The molecular weight excluding hydrogens is 250 g/mol. The van der Waals surface area contributed by atoms with Crippen LogP contribution in [0.3, 0.4) is 0 Å². The molecule has 0 saturated heterocycles. The number of nitrogens with zero attached hydrogens (tertiary/aromatic N) is 3. The summed E-state index contributed by atoms with van der Waals surface area (Å²) in [6, 6.07) is 0. The lowest BCUT2D eigenvalue weighted by molar-refractivity contribution is -0.123. The second-order valence-electron chi connectivity index (χ2n) is 4.02. The van der Waals surface area contributed by atoms with E-state index in [0.717, 1.165) is 0 Å². The summed E-state index contributed by atoms with van der Waals surface area (Å²) in [6.45, 7) is 2.41. The first-order valence-corrected chi connectivity index (χ1v) is 5.91. The van der Waals surface area contributed by atoms with Gasteiger partial charge in [0.05, 0.1) is 18.3 Å². The topological polar surface area (TPSA) is 84.1 Å². The maximum absolute atomic E-state index is 11.4. The maximum Gasteiger partial charge on any atom is 0.224 e. The number of nitrogens with one attached hydrogen (secondary N) is 1. The van der Waals surface area contributed by atoms with Crippen LogP contribution >= 0.6 is 12.2 Å². The lowest BCUT2D eigenvalue weighted by atomic mass is 10.1. The fourth-order valence-corrected chi connectivity index (χ4v) is 1.58. The van der Waals surface area contributed by atoms with E-state index >= 15 is 0 Å². The highest BCUT2D eigenvalue weighted by atomic mass is 32.1. The van der Waals surface area contributed by atoms with Crippen LogP contribution in [0.25, 0.3) is 0 Å². The van der Waals surface area contributed by atoms with Crippen molar-refractivity contribution in [1.29, 1.82) is 0 Å². The van der Waals surface area contributed by atoms with Gasteiger partial charge in [-0.25, -0.2) is 9.97 Å². The van der Waals surface area contributed by atoms with E-state index < -0.39 is 0 Å². The zero-order chi connectivity index (χ0) is 13.7. The van der Waals surface area contributed by atoms with Crippen LogP contribution in [0.5, 0.6) is 0 Å². The Labute approximate surface area is 112 Å². The molecule has 0 radical (unpaired) electrons. The first-order valence-electron chi connectivity index (χ1n) is 5.50. The van der Waals surface area contributed by atoms with Crippen LogP contribution in [0.1, 0.15) is 12.6 Å². The maximum atomic E-state index is 11.4. The number of aromatic nitrogens is 2. The van der Waals surface area contributed by atoms with Gasteiger partial charge in [0.25, 0.3) is 0 Å². The van der Waals surface area contributed by atoms with Crippen molar-refractivity contribution in [3.05, 3.63) is 18.1 Å². The molecule has 0 saturated carbocycles. The molecule has 3 N–H and O–H groups in total. The molecule has 1 heterocycles. The lowest BCUT2D eigenvalue weighted by Gasteiger charge is -2.21. The van der Waals surface area contributed by atoms with Gasteiger partial charge in [-0.15, -0.1) is 0 Å². The minimum atomic E-state index is -0.128. The van der Waals surface area contributed by atoms with E-state index in [-0.39, 0.29) is 16.8 Å². The van der Waals surface area contributed by atoms with Crippen molar-refractivity contribution in [2.45, 2.75) is 6.92 Å². The van der Waals surface area contributed by atoms with Gasteiger partial charge >= 0.3 is 0 Å². The number of hydrogen-bond donors (Lipinski definition) is 2. The first-order chi connectivity index (χ1) is 8.45. The molecule has 0 fully saturated rings. The number of nitrogens with two attached hydrogens (primary N) is 1. The lowest BCUT2D eigenvalue weighted by Crippen LogP contribution is -2.34. The Morgan fingerprint density at radius 1 is 1.56 bits per heavy atom. The molecule has 98 valence electrons. The van der Waals surface area contributed by atoms with Crippen LogP contribution in [-0.4, -0.2) is 41.5 Å². The van der Waals surface area contributed by atoms with Gasteiger partial charge in [0.15, 0.2) is 0 Å². The Kier molecular flexibility index (Phi) is 4.96. The van der Waals surface area contributed by atoms with E-state index in [9.17, 15) is 4.79 Å². The molecule has 1 unspecified atom stereocenters. The predicted octanol–water partition coefficient (Wildman–Crippen LogP) is -0.0709. The number of hydrogen-bond acceptors (Lipinski definition) is 5. The molecule has 0 aliphatic carbocycles. The summed E-state index contributed by atoms with van der Waals surface area (Å²) in [6.07, 6.45) is 3.11. The van der Waals surface area contributed by atoms with Gasteiger partial charge < -0.3 is 16.0 Å². The Morgan fingerprint density at radius 2 is 2.22 bits per heavy atom. The first kappa shape index (κ1) is 14.3. The van der Waals surface area contributed by atoms with Crippen molar-refractivity contribution in [3.63, 3.8) is 0 Å². The summed E-state index contributed by atoms with van der Waals surface area (Å²) < 4.78 is 0. The predicted molar refractivity (Wildman–Crippen MR) is 74.4 cm³/mol. The largest absolute Gasteiger partial charge is 0.388 e. The molecule has 0 spiro atoms. The van der Waals surface area contributed by atoms with Gasteiger partial charge in [-0.3, -0.25) is 4.79 Å². The minimum Gasteiger partial charge on any atom is -0.388 e. The molecule has 7 heteroatoms. The second kappa shape index (κ2) is 6.25. The number of rotatable bonds is 5. The van der Waals surface area contributed by atoms with Crippen molar-refractivity contribution in [3.8, 4) is 0 Å². The highest BCUT2D eigenvalue weighted by molar-refractivity contribution is 7.80. The second-order valence-corrected chi connectivity index (χ2v) is 4.46. The van der Waals surface area contributed by atoms with Crippen LogP contribution in [0, 0.1) is 5.92 Å². The average molecular weight is 267 g/mol. The third kappa shape index (κ3) is 3.63. The Morgan fingerprint density at radius 3 is 2.67 bits per heavy atom. The fourth-order valence-electron chi connectivity index (χ4n) is 1.48. The summed E-state index contributed by atoms with van der Waals surface area (Å²) >= 11 is 4.80. The average Bonchev–Trinajstić information content (AvgIpc) is 2.37. The highest BCUT2D eigenvalue weighted by Crippen LogP contribution is 2.09. The molecule has 0 aliphatic rings. The van der Waals surface area contributed by atoms with Gasteiger partial charge in [0, 0.05) is 20.6 Å². The van der Waals surface area contributed by atoms with Gasteiger partial charge in [-0.1, -0.05) is 19.1 Å². The summed E-state index contributed by atoms with van der Waals surface area (Å²) in [5.41, 5.74) is 5.93.